The van der Waals surface area contributed by atoms with Crippen LogP contribution in [0.25, 0.3) is 0 Å². The molecule has 0 spiro atoms. The first kappa shape index (κ1) is 23.1. The van der Waals surface area contributed by atoms with Crippen LogP contribution in [0.1, 0.15) is 45.4 Å². The maximum atomic E-state index is 12.1. The van der Waals surface area contributed by atoms with Gasteiger partial charge in [-0.15, -0.1) is 0 Å². The summed E-state index contributed by atoms with van der Waals surface area (Å²) in [4.78, 5) is 12.1. The minimum absolute atomic E-state index is 0.0261. The van der Waals surface area contributed by atoms with Crippen molar-refractivity contribution >= 4 is 63.7 Å². The van der Waals surface area contributed by atoms with Gasteiger partial charge in [-0.25, -0.2) is 0 Å². The summed E-state index contributed by atoms with van der Waals surface area (Å²) in [5.74, 6) is -0.200. The Bertz CT molecular complexity index is 597. The number of carbonyl (C=O) groups is 1. The molecule has 1 aromatic rings. The molecule has 4 N–H and O–H groups in total. The van der Waals surface area contributed by atoms with Crippen molar-refractivity contribution in [3.8, 4) is 5.75 Å². The number of para-hydroxylation sites is 2. The molecule has 1 amide bonds. The van der Waals surface area contributed by atoms with E-state index in [1.54, 1.807) is 18.2 Å². The van der Waals surface area contributed by atoms with Gasteiger partial charge in [0.25, 0.3) is 0 Å². The van der Waals surface area contributed by atoms with E-state index in [2.05, 4.69) is 22.9 Å². The fourth-order valence-electron chi connectivity index (χ4n) is 2.19. The van der Waals surface area contributed by atoms with E-state index in [9.17, 15) is 9.90 Å². The third-order valence-electron chi connectivity index (χ3n) is 3.57. The van der Waals surface area contributed by atoms with Gasteiger partial charge in [-0.1, -0.05) is 79.5 Å². The van der Waals surface area contributed by atoms with Gasteiger partial charge in [0.15, 0.2) is 5.11 Å². The van der Waals surface area contributed by atoms with Gasteiger partial charge < -0.3 is 21.1 Å². The van der Waals surface area contributed by atoms with Crippen molar-refractivity contribution in [2.24, 2.45) is 0 Å². The zero-order chi connectivity index (χ0) is 19.6. The largest absolute Gasteiger partial charge is 0.506 e. The Morgan fingerprint density at radius 3 is 2.42 bits per heavy atom. The quantitative estimate of drug-likeness (QED) is 0.145. The number of thiocarbonyl (C=S) groups is 1. The summed E-state index contributed by atoms with van der Waals surface area (Å²) >= 11 is 23.0. The van der Waals surface area contributed by atoms with E-state index in [1.807, 2.05) is 0 Å². The number of carbonyl (C=O) groups excluding carboxylic acids is 1. The maximum Gasteiger partial charge on any atom is 0.228 e. The van der Waals surface area contributed by atoms with Gasteiger partial charge in [-0.05, 0) is 30.8 Å². The van der Waals surface area contributed by atoms with E-state index >= 15 is 0 Å². The summed E-state index contributed by atoms with van der Waals surface area (Å²) in [6.45, 7) is 2.14. The van der Waals surface area contributed by atoms with E-state index in [1.165, 1.54) is 6.07 Å². The fourth-order valence-corrected chi connectivity index (χ4v) is 2.75. The predicted octanol–water partition coefficient (Wildman–Crippen LogP) is 4.85. The van der Waals surface area contributed by atoms with Crippen LogP contribution in [0.5, 0.6) is 5.75 Å². The van der Waals surface area contributed by atoms with Crippen molar-refractivity contribution in [2.45, 2.75) is 55.4 Å². The first-order valence-corrected chi connectivity index (χ1v) is 9.99. The molecule has 0 unspecified atom stereocenters. The van der Waals surface area contributed by atoms with Gasteiger partial charge in [0.2, 0.25) is 9.70 Å². The highest BCUT2D eigenvalue weighted by Crippen LogP contribution is 2.29. The minimum Gasteiger partial charge on any atom is -0.506 e. The lowest BCUT2D eigenvalue weighted by Gasteiger charge is -2.28. The predicted molar refractivity (Wildman–Crippen MR) is 113 cm³/mol. The zero-order valence-corrected chi connectivity index (χ0v) is 17.6. The number of amides is 1. The second-order valence-electron chi connectivity index (χ2n) is 5.82. The van der Waals surface area contributed by atoms with Gasteiger partial charge in [-0.3, -0.25) is 4.79 Å². The Labute approximate surface area is 174 Å². The first-order valence-electron chi connectivity index (χ1n) is 8.45. The van der Waals surface area contributed by atoms with Crippen molar-refractivity contribution in [3.05, 3.63) is 24.3 Å². The maximum absolute atomic E-state index is 12.1. The second kappa shape index (κ2) is 11.7. The topological polar surface area (TPSA) is 73.4 Å². The summed E-state index contributed by atoms with van der Waals surface area (Å²) in [7, 11) is 0. The molecule has 1 atom stereocenters. The number of nitrogens with one attached hydrogen (secondary N) is 3. The highest BCUT2D eigenvalue weighted by Gasteiger charge is 2.34. The van der Waals surface area contributed by atoms with E-state index in [0.717, 1.165) is 32.1 Å². The summed E-state index contributed by atoms with van der Waals surface area (Å²) < 4.78 is -1.80. The fraction of sp³-hybridized carbons (Fsp3) is 0.529. The lowest BCUT2D eigenvalue weighted by atomic mass is 10.1. The molecule has 0 fully saturated rings. The molecule has 5 nitrogen and oxygen atoms in total. The van der Waals surface area contributed by atoms with Crippen molar-refractivity contribution in [2.75, 3.05) is 5.32 Å². The molecular formula is C17H24Cl3N3O2S. The number of aromatic hydroxyl groups is 1. The van der Waals surface area contributed by atoms with Crippen LogP contribution in [0.4, 0.5) is 5.69 Å². The Morgan fingerprint density at radius 2 is 1.81 bits per heavy atom. The highest BCUT2D eigenvalue weighted by atomic mass is 35.6. The average molecular weight is 441 g/mol. The summed E-state index contributed by atoms with van der Waals surface area (Å²) in [6, 6.07) is 6.57. The smallest absolute Gasteiger partial charge is 0.228 e. The molecule has 1 aromatic carbocycles. The number of rotatable bonds is 9. The SMILES string of the molecule is CCCCCCCC(=O)N[C@H](NC(=S)Nc1ccccc1O)C(Cl)(Cl)Cl. The molecule has 0 radical (unpaired) electrons. The molecule has 9 heteroatoms. The van der Waals surface area contributed by atoms with Crippen LogP contribution in [0.3, 0.4) is 0 Å². The molecule has 146 valence electrons. The number of phenolic OH excluding ortho intramolecular Hbond substituents is 1. The summed E-state index contributed by atoms with van der Waals surface area (Å²) in [5, 5.41) is 18.1. The van der Waals surface area contributed by atoms with Crippen molar-refractivity contribution in [3.63, 3.8) is 0 Å². The molecule has 0 saturated heterocycles. The van der Waals surface area contributed by atoms with Crippen LogP contribution in [0, 0.1) is 0 Å². The average Bonchev–Trinajstić information content (AvgIpc) is 2.55. The van der Waals surface area contributed by atoms with Crippen LogP contribution in [0.15, 0.2) is 24.3 Å². The molecule has 0 heterocycles. The Morgan fingerprint density at radius 1 is 1.15 bits per heavy atom. The normalized spacial score (nSPS) is 12.3. The third kappa shape index (κ3) is 9.12. The molecule has 0 bridgehead atoms. The molecule has 0 aliphatic rings. The number of anilines is 1. The molecule has 0 aliphatic heterocycles. The van der Waals surface area contributed by atoms with Crippen LogP contribution < -0.4 is 16.0 Å². The highest BCUT2D eigenvalue weighted by molar-refractivity contribution is 7.80. The lowest BCUT2D eigenvalue weighted by molar-refractivity contribution is -0.122. The second-order valence-corrected chi connectivity index (χ2v) is 8.60. The van der Waals surface area contributed by atoms with E-state index in [-0.39, 0.29) is 16.8 Å². The van der Waals surface area contributed by atoms with E-state index in [0.29, 0.717) is 12.1 Å². The Kier molecular flexibility index (Phi) is 10.4. The van der Waals surface area contributed by atoms with Crippen LogP contribution in [0.2, 0.25) is 0 Å². The standard InChI is InChI=1S/C17H24Cl3N3O2S/c1-2-3-4-5-6-11-14(25)22-15(17(18,19)20)23-16(26)21-12-9-7-8-10-13(12)24/h7-10,15,24H,2-6,11H2,1H3,(H,22,25)(H2,21,23,26)/t15-/m1/s1. The van der Waals surface area contributed by atoms with Gasteiger partial charge in [0.1, 0.15) is 11.9 Å². The molecule has 0 aromatic heterocycles. The van der Waals surface area contributed by atoms with Crippen LogP contribution in [-0.2, 0) is 4.79 Å². The van der Waals surface area contributed by atoms with Gasteiger partial charge in [0.05, 0.1) is 5.69 Å². The number of phenols is 1. The van der Waals surface area contributed by atoms with E-state index in [4.69, 9.17) is 47.0 Å². The molecule has 0 saturated carbocycles. The molecule has 0 aliphatic carbocycles. The number of alkyl halides is 3. The first-order chi connectivity index (χ1) is 12.2. The molecule has 26 heavy (non-hydrogen) atoms. The monoisotopic (exact) mass is 439 g/mol. The number of benzene rings is 1. The van der Waals surface area contributed by atoms with Gasteiger partial charge in [0, 0.05) is 6.42 Å². The summed E-state index contributed by atoms with van der Waals surface area (Å²) in [5.41, 5.74) is 0.398. The number of halogens is 3. The molecule has 1 rings (SSSR count). The lowest BCUT2D eigenvalue weighted by Crippen LogP contribution is -2.56. The number of hydrogen-bond donors (Lipinski definition) is 4. The van der Waals surface area contributed by atoms with Crippen molar-refractivity contribution in [1.29, 1.82) is 0 Å². The molecular weight excluding hydrogens is 417 g/mol. The summed E-state index contributed by atoms with van der Waals surface area (Å²) in [6.07, 6.45) is 4.51. The van der Waals surface area contributed by atoms with Gasteiger partial charge >= 0.3 is 0 Å². The minimum atomic E-state index is -1.80. The zero-order valence-electron chi connectivity index (χ0n) is 14.5. The van der Waals surface area contributed by atoms with Crippen LogP contribution in [-0.4, -0.2) is 26.1 Å². The van der Waals surface area contributed by atoms with Crippen molar-refractivity contribution < 1.29 is 9.90 Å². The number of unbranched alkanes of at least 4 members (excludes halogenated alkanes) is 4. The van der Waals surface area contributed by atoms with Crippen LogP contribution >= 0.6 is 47.0 Å². The third-order valence-corrected chi connectivity index (χ3v) is 4.44. The number of hydrogen-bond acceptors (Lipinski definition) is 3. The Balaban J connectivity index is 2.54. The van der Waals surface area contributed by atoms with Gasteiger partial charge in [-0.2, -0.15) is 0 Å². The van der Waals surface area contributed by atoms with E-state index < -0.39 is 9.96 Å². The van der Waals surface area contributed by atoms with Crippen molar-refractivity contribution in [1.82, 2.24) is 10.6 Å². The Hall–Kier alpha value is -0.950.